The maximum absolute atomic E-state index is 12.0. The van der Waals surface area contributed by atoms with Gasteiger partial charge in [0.2, 0.25) is 0 Å². The fourth-order valence-electron chi connectivity index (χ4n) is 6.96. The van der Waals surface area contributed by atoms with Crippen molar-refractivity contribution in [1.29, 1.82) is 0 Å². The van der Waals surface area contributed by atoms with Gasteiger partial charge in [-0.1, -0.05) is 25.7 Å². The summed E-state index contributed by atoms with van der Waals surface area (Å²) in [7, 11) is 0. The first-order valence-corrected chi connectivity index (χ1v) is 9.28. The number of hydrogen-bond donors (Lipinski definition) is 0. The topological polar surface area (TPSA) is 26.3 Å². The van der Waals surface area contributed by atoms with Gasteiger partial charge in [-0.25, -0.2) is 0 Å². The van der Waals surface area contributed by atoms with Gasteiger partial charge in [-0.3, -0.25) is 4.79 Å². The molecule has 1 heterocycles. The minimum Gasteiger partial charge on any atom is -0.373 e. The van der Waals surface area contributed by atoms with Crippen molar-refractivity contribution in [3.63, 3.8) is 0 Å². The summed E-state index contributed by atoms with van der Waals surface area (Å²) in [6, 6.07) is 0. The Morgan fingerprint density at radius 1 is 1.35 bits per heavy atom. The standard InChI is InChI=1S/C21H26O2/c1-3-13-4-5-16-15-11-19-18-10-14(22)6-9-21(18,12-23-19)17(15)7-8-20(13,16)2/h3-4,10,15-17,19H,1,5-9,11-12H2,2H3/t15?,16?,17?,19?,20-,21+/m1/s1. The molecule has 4 unspecified atom stereocenters. The lowest BCUT2D eigenvalue weighted by Crippen LogP contribution is -2.52. The van der Waals surface area contributed by atoms with E-state index in [-0.39, 0.29) is 11.5 Å². The Morgan fingerprint density at radius 2 is 2.22 bits per heavy atom. The first kappa shape index (κ1) is 14.2. The lowest BCUT2D eigenvalue weighted by Gasteiger charge is -2.56. The highest BCUT2D eigenvalue weighted by Gasteiger charge is 2.63. The molecular formula is C21H26O2. The Kier molecular flexibility index (Phi) is 2.77. The van der Waals surface area contributed by atoms with Gasteiger partial charge in [-0.15, -0.1) is 0 Å². The van der Waals surface area contributed by atoms with Crippen LogP contribution in [0, 0.1) is 28.6 Å². The summed E-state index contributed by atoms with van der Waals surface area (Å²) in [4.78, 5) is 12.0. The van der Waals surface area contributed by atoms with E-state index in [1.54, 1.807) is 0 Å². The van der Waals surface area contributed by atoms with Crippen LogP contribution in [-0.2, 0) is 9.53 Å². The molecule has 5 aliphatic rings. The zero-order valence-electron chi connectivity index (χ0n) is 14.0. The largest absolute Gasteiger partial charge is 0.373 e. The molecule has 0 amide bonds. The summed E-state index contributed by atoms with van der Waals surface area (Å²) < 4.78 is 6.23. The summed E-state index contributed by atoms with van der Waals surface area (Å²) in [5.41, 5.74) is 3.37. The van der Waals surface area contributed by atoms with Crippen molar-refractivity contribution in [3.05, 3.63) is 36.0 Å². The summed E-state index contributed by atoms with van der Waals surface area (Å²) in [6.45, 7) is 7.39. The summed E-state index contributed by atoms with van der Waals surface area (Å²) >= 11 is 0. The van der Waals surface area contributed by atoms with Crippen molar-refractivity contribution >= 4 is 5.78 Å². The second-order valence-corrected chi connectivity index (χ2v) is 8.69. The molecule has 23 heavy (non-hydrogen) atoms. The van der Waals surface area contributed by atoms with E-state index in [9.17, 15) is 4.79 Å². The van der Waals surface area contributed by atoms with Crippen LogP contribution in [0.2, 0.25) is 0 Å². The highest BCUT2D eigenvalue weighted by Crippen LogP contribution is 2.67. The van der Waals surface area contributed by atoms with Gasteiger partial charge in [-0.05, 0) is 72.5 Å². The SMILES string of the molecule is C=CC1=CCC2C3CC4OC[C@@]5(CCC(=O)C=C45)C3CC[C@]12C. The molecule has 2 saturated carbocycles. The van der Waals surface area contributed by atoms with Crippen molar-refractivity contribution in [2.45, 2.75) is 51.6 Å². The van der Waals surface area contributed by atoms with Crippen molar-refractivity contribution in [3.8, 4) is 0 Å². The molecule has 5 rings (SSSR count). The van der Waals surface area contributed by atoms with E-state index < -0.39 is 0 Å². The quantitative estimate of drug-likeness (QED) is 0.724. The minimum atomic E-state index is 0.194. The maximum Gasteiger partial charge on any atom is 0.155 e. The molecular weight excluding hydrogens is 284 g/mol. The molecule has 1 aliphatic heterocycles. The molecule has 3 fully saturated rings. The molecule has 0 radical (unpaired) electrons. The molecule has 0 spiro atoms. The Bertz CT molecular complexity index is 657. The van der Waals surface area contributed by atoms with Gasteiger partial charge in [0.15, 0.2) is 5.78 Å². The number of carbonyl (C=O) groups excluding carboxylic acids is 1. The van der Waals surface area contributed by atoms with Crippen molar-refractivity contribution in [1.82, 2.24) is 0 Å². The van der Waals surface area contributed by atoms with Gasteiger partial charge in [0, 0.05) is 11.8 Å². The smallest absolute Gasteiger partial charge is 0.155 e. The van der Waals surface area contributed by atoms with E-state index in [2.05, 4.69) is 25.7 Å². The summed E-state index contributed by atoms with van der Waals surface area (Å²) in [5, 5.41) is 0. The molecule has 0 N–H and O–H groups in total. The predicted molar refractivity (Wildman–Crippen MR) is 89.8 cm³/mol. The first-order valence-electron chi connectivity index (χ1n) is 9.28. The second-order valence-electron chi connectivity index (χ2n) is 8.69. The number of ketones is 1. The number of carbonyl (C=O) groups is 1. The lowest BCUT2D eigenvalue weighted by molar-refractivity contribution is -0.116. The van der Waals surface area contributed by atoms with E-state index in [1.807, 2.05) is 6.08 Å². The molecule has 6 atom stereocenters. The van der Waals surface area contributed by atoms with Crippen molar-refractivity contribution in [2.75, 3.05) is 6.61 Å². The Labute approximate surface area is 138 Å². The zero-order chi connectivity index (χ0) is 15.8. The number of ether oxygens (including phenoxy) is 1. The lowest BCUT2D eigenvalue weighted by atomic mass is 9.47. The van der Waals surface area contributed by atoms with Crippen molar-refractivity contribution in [2.24, 2.45) is 28.6 Å². The van der Waals surface area contributed by atoms with E-state index >= 15 is 0 Å². The normalized spacial score (nSPS) is 50.6. The Morgan fingerprint density at radius 3 is 3.04 bits per heavy atom. The summed E-state index contributed by atoms with van der Waals surface area (Å²) in [6.07, 6.45) is 13.4. The number of allylic oxidation sites excluding steroid dienone is 4. The van der Waals surface area contributed by atoms with E-state index in [0.717, 1.165) is 43.6 Å². The van der Waals surface area contributed by atoms with Gasteiger partial charge in [-0.2, -0.15) is 0 Å². The number of fused-ring (bicyclic) bond motifs is 3. The first-order chi connectivity index (χ1) is 11.1. The molecule has 0 aromatic heterocycles. The third-order valence-electron chi connectivity index (χ3n) is 8.09. The van der Waals surface area contributed by atoms with Gasteiger partial charge < -0.3 is 4.74 Å². The van der Waals surface area contributed by atoms with Crippen LogP contribution in [0.4, 0.5) is 0 Å². The van der Waals surface area contributed by atoms with Gasteiger partial charge in [0.25, 0.3) is 0 Å². The van der Waals surface area contributed by atoms with Crippen LogP contribution in [0.15, 0.2) is 36.0 Å². The molecule has 0 aromatic rings. The maximum atomic E-state index is 12.0. The minimum absolute atomic E-state index is 0.194. The van der Waals surface area contributed by atoms with Crippen LogP contribution < -0.4 is 0 Å². The van der Waals surface area contributed by atoms with Crippen LogP contribution in [-0.4, -0.2) is 18.5 Å². The molecule has 122 valence electrons. The van der Waals surface area contributed by atoms with Gasteiger partial charge in [0.1, 0.15) is 0 Å². The molecule has 0 aromatic carbocycles. The highest BCUT2D eigenvalue weighted by molar-refractivity contribution is 5.92. The zero-order valence-corrected chi connectivity index (χ0v) is 14.0. The molecule has 2 nitrogen and oxygen atoms in total. The predicted octanol–water partition coefficient (Wildman–Crippen LogP) is 4.23. The monoisotopic (exact) mass is 310 g/mol. The summed E-state index contributed by atoms with van der Waals surface area (Å²) in [5.74, 6) is 2.53. The fourth-order valence-corrected chi connectivity index (χ4v) is 6.96. The van der Waals surface area contributed by atoms with E-state index in [0.29, 0.717) is 11.2 Å². The van der Waals surface area contributed by atoms with Gasteiger partial charge >= 0.3 is 0 Å². The Balaban J connectivity index is 1.56. The van der Waals surface area contributed by atoms with E-state index in [1.165, 1.54) is 30.4 Å². The third-order valence-corrected chi connectivity index (χ3v) is 8.09. The fraction of sp³-hybridized carbons (Fsp3) is 0.667. The third kappa shape index (κ3) is 1.61. The number of hydrogen-bond acceptors (Lipinski definition) is 2. The van der Waals surface area contributed by atoms with Crippen LogP contribution in [0.5, 0.6) is 0 Å². The van der Waals surface area contributed by atoms with Crippen LogP contribution >= 0.6 is 0 Å². The van der Waals surface area contributed by atoms with Crippen LogP contribution in [0.25, 0.3) is 0 Å². The average Bonchev–Trinajstić information content (AvgIpc) is 3.01. The molecule has 4 aliphatic carbocycles. The van der Waals surface area contributed by atoms with Crippen LogP contribution in [0.3, 0.4) is 0 Å². The van der Waals surface area contributed by atoms with E-state index in [4.69, 9.17) is 4.74 Å². The number of rotatable bonds is 1. The molecule has 2 heteroatoms. The average molecular weight is 310 g/mol. The van der Waals surface area contributed by atoms with Crippen molar-refractivity contribution < 1.29 is 9.53 Å². The Hall–Kier alpha value is -1.15. The highest BCUT2D eigenvalue weighted by atomic mass is 16.5. The van der Waals surface area contributed by atoms with Crippen LogP contribution in [0.1, 0.15) is 45.4 Å². The molecule has 1 saturated heterocycles. The second kappa shape index (κ2) is 4.47. The molecule has 2 bridgehead atoms. The van der Waals surface area contributed by atoms with Gasteiger partial charge in [0.05, 0.1) is 12.7 Å².